The highest BCUT2D eigenvalue weighted by Gasteiger charge is 2.37. The third-order valence-corrected chi connectivity index (χ3v) is 6.45. The first-order valence-corrected chi connectivity index (χ1v) is 11.0. The van der Waals surface area contributed by atoms with Gasteiger partial charge in [0.1, 0.15) is 22.2 Å². The molecule has 11 heteroatoms. The third-order valence-electron chi connectivity index (χ3n) is 5.19. The van der Waals surface area contributed by atoms with E-state index in [0.717, 1.165) is 44.2 Å². The van der Waals surface area contributed by atoms with Gasteiger partial charge in [0.25, 0.3) is 11.8 Å². The van der Waals surface area contributed by atoms with Crippen LogP contribution in [0.25, 0.3) is 0 Å². The van der Waals surface area contributed by atoms with Gasteiger partial charge in [0.05, 0.1) is 16.8 Å². The number of nitrogens with two attached hydrogens (primary N) is 1. The molecule has 2 amide bonds. The van der Waals surface area contributed by atoms with Gasteiger partial charge < -0.3 is 20.5 Å². The summed E-state index contributed by atoms with van der Waals surface area (Å²) in [6.45, 7) is -0.319. The summed E-state index contributed by atoms with van der Waals surface area (Å²) in [5, 5.41) is 3.12. The summed E-state index contributed by atoms with van der Waals surface area (Å²) in [4.78, 5) is 29.0. The lowest BCUT2D eigenvalue weighted by Crippen LogP contribution is -2.29. The number of primary amides is 1. The Kier molecular flexibility index (Phi) is 7.48. The van der Waals surface area contributed by atoms with E-state index in [0.29, 0.717) is 9.88 Å². The van der Waals surface area contributed by atoms with Crippen molar-refractivity contribution in [2.24, 2.45) is 5.73 Å². The fourth-order valence-corrected chi connectivity index (χ4v) is 4.85. The SMILES string of the molecule is C#CC1(c2sc(CNC(=O)COc3ccc(OC(F)(F)F)cc3)nc2C(N)=O)CCCCC1. The highest BCUT2D eigenvalue weighted by Crippen LogP contribution is 2.43. The van der Waals surface area contributed by atoms with E-state index in [-0.39, 0.29) is 24.6 Å². The second kappa shape index (κ2) is 10.1. The van der Waals surface area contributed by atoms with Gasteiger partial charge in [0.2, 0.25) is 0 Å². The van der Waals surface area contributed by atoms with Crippen molar-refractivity contribution in [1.29, 1.82) is 0 Å². The number of terminal acetylenes is 1. The number of rotatable bonds is 8. The van der Waals surface area contributed by atoms with Crippen LogP contribution in [0.4, 0.5) is 13.2 Å². The average molecular weight is 481 g/mol. The zero-order chi connectivity index (χ0) is 24.1. The van der Waals surface area contributed by atoms with Crippen molar-refractivity contribution in [1.82, 2.24) is 10.3 Å². The number of nitrogens with one attached hydrogen (secondary N) is 1. The zero-order valence-corrected chi connectivity index (χ0v) is 18.4. The number of carbonyl (C=O) groups excluding carboxylic acids is 2. The Labute approximate surface area is 192 Å². The minimum absolute atomic E-state index is 0.0478. The average Bonchev–Trinajstić information content (AvgIpc) is 3.22. The van der Waals surface area contributed by atoms with Gasteiger partial charge in [-0.25, -0.2) is 4.98 Å². The van der Waals surface area contributed by atoms with E-state index in [4.69, 9.17) is 16.9 Å². The summed E-state index contributed by atoms with van der Waals surface area (Å²) in [6, 6.07) is 4.67. The molecule has 0 saturated heterocycles. The normalized spacial score (nSPS) is 15.3. The number of hydrogen-bond acceptors (Lipinski definition) is 6. The van der Waals surface area contributed by atoms with Gasteiger partial charge in [-0.1, -0.05) is 25.2 Å². The highest BCUT2D eigenvalue weighted by atomic mass is 32.1. The monoisotopic (exact) mass is 481 g/mol. The van der Waals surface area contributed by atoms with Crippen molar-refractivity contribution in [3.05, 3.63) is 39.8 Å². The van der Waals surface area contributed by atoms with Crippen molar-refractivity contribution in [3.8, 4) is 23.8 Å². The topological polar surface area (TPSA) is 104 Å². The van der Waals surface area contributed by atoms with E-state index in [1.165, 1.54) is 23.5 Å². The quantitative estimate of drug-likeness (QED) is 0.560. The standard InChI is InChI=1S/C22H22F3N3O4S/c1-2-21(10-4-3-5-11-21)19-18(20(26)30)28-17(33-19)12-27-16(29)13-31-14-6-8-15(9-7-14)32-22(23,24)25/h1,6-9H,3-5,10-13H2,(H2,26,30)(H,27,29). The van der Waals surface area contributed by atoms with E-state index in [2.05, 4.69) is 21.0 Å². The minimum Gasteiger partial charge on any atom is -0.484 e. The lowest BCUT2D eigenvalue weighted by atomic mass is 9.73. The number of amides is 2. The lowest BCUT2D eigenvalue weighted by Gasteiger charge is -2.31. The molecule has 0 bridgehead atoms. The number of thiazole rings is 1. The lowest BCUT2D eigenvalue weighted by molar-refractivity contribution is -0.274. The number of alkyl halides is 3. The number of benzene rings is 1. The van der Waals surface area contributed by atoms with Crippen molar-refractivity contribution in [2.45, 2.75) is 50.4 Å². The van der Waals surface area contributed by atoms with Gasteiger partial charge in [0.15, 0.2) is 6.61 Å². The molecule has 1 fully saturated rings. The van der Waals surface area contributed by atoms with Crippen LogP contribution in [0.15, 0.2) is 24.3 Å². The molecule has 0 radical (unpaired) electrons. The first-order valence-electron chi connectivity index (χ1n) is 10.1. The zero-order valence-electron chi connectivity index (χ0n) is 17.5. The Morgan fingerprint density at radius 3 is 2.39 bits per heavy atom. The Hall–Kier alpha value is -3.26. The molecule has 3 N–H and O–H groups in total. The van der Waals surface area contributed by atoms with Crippen LogP contribution in [0.3, 0.4) is 0 Å². The van der Waals surface area contributed by atoms with E-state index in [1.807, 2.05) is 0 Å². The van der Waals surface area contributed by atoms with E-state index >= 15 is 0 Å². The van der Waals surface area contributed by atoms with Crippen molar-refractivity contribution < 1.29 is 32.2 Å². The Balaban J connectivity index is 1.58. The summed E-state index contributed by atoms with van der Waals surface area (Å²) < 4.78 is 45.6. The van der Waals surface area contributed by atoms with Crippen molar-refractivity contribution in [2.75, 3.05) is 6.61 Å². The van der Waals surface area contributed by atoms with Crippen LogP contribution in [0.2, 0.25) is 0 Å². The molecule has 1 aromatic heterocycles. The van der Waals surface area contributed by atoms with Crippen LogP contribution in [-0.4, -0.2) is 29.8 Å². The van der Waals surface area contributed by atoms with Crippen LogP contribution >= 0.6 is 11.3 Å². The van der Waals surface area contributed by atoms with Gasteiger partial charge in [-0.05, 0) is 37.1 Å². The Morgan fingerprint density at radius 1 is 1.18 bits per heavy atom. The second-order valence-electron chi connectivity index (χ2n) is 7.52. The minimum atomic E-state index is -4.79. The maximum atomic E-state index is 12.2. The maximum Gasteiger partial charge on any atom is 0.573 e. The van der Waals surface area contributed by atoms with E-state index in [1.54, 1.807) is 0 Å². The molecule has 2 aromatic rings. The number of carbonyl (C=O) groups is 2. The molecule has 0 unspecified atom stereocenters. The van der Waals surface area contributed by atoms with Gasteiger partial charge in [0, 0.05) is 0 Å². The summed E-state index contributed by atoms with van der Waals surface area (Å²) in [6.07, 6.45) is 5.52. The number of ether oxygens (including phenoxy) is 2. The number of aromatic nitrogens is 1. The molecule has 176 valence electrons. The van der Waals surface area contributed by atoms with E-state index in [9.17, 15) is 22.8 Å². The van der Waals surface area contributed by atoms with Crippen LogP contribution in [0.1, 0.15) is 52.5 Å². The molecule has 7 nitrogen and oxygen atoms in total. The second-order valence-corrected chi connectivity index (χ2v) is 8.60. The molecule has 1 aliphatic rings. The Morgan fingerprint density at radius 2 is 1.82 bits per heavy atom. The number of nitrogens with zero attached hydrogens (tertiary/aromatic N) is 1. The molecular formula is C22H22F3N3O4S. The largest absolute Gasteiger partial charge is 0.573 e. The summed E-state index contributed by atoms with van der Waals surface area (Å²) >= 11 is 1.26. The van der Waals surface area contributed by atoms with Crippen LogP contribution in [0, 0.1) is 12.3 Å². The number of halogens is 3. The molecule has 0 atom stereocenters. The molecule has 1 saturated carbocycles. The first kappa shape index (κ1) is 24.4. The fraction of sp³-hybridized carbons (Fsp3) is 0.409. The smallest absolute Gasteiger partial charge is 0.484 e. The predicted octanol–water partition coefficient (Wildman–Crippen LogP) is 3.67. The number of hydrogen-bond donors (Lipinski definition) is 2. The summed E-state index contributed by atoms with van der Waals surface area (Å²) in [5.41, 5.74) is 5.08. The van der Waals surface area contributed by atoms with Gasteiger partial charge in [-0.15, -0.1) is 30.9 Å². The van der Waals surface area contributed by atoms with Crippen LogP contribution < -0.4 is 20.5 Å². The third kappa shape index (κ3) is 6.38. The summed E-state index contributed by atoms with van der Waals surface area (Å²) in [5.74, 6) is 1.50. The maximum absolute atomic E-state index is 12.2. The van der Waals surface area contributed by atoms with Crippen LogP contribution in [-0.2, 0) is 16.8 Å². The van der Waals surface area contributed by atoms with Gasteiger partial charge in [-0.3, -0.25) is 9.59 Å². The highest BCUT2D eigenvalue weighted by molar-refractivity contribution is 7.12. The molecule has 1 aliphatic carbocycles. The van der Waals surface area contributed by atoms with Crippen LogP contribution in [0.5, 0.6) is 11.5 Å². The van der Waals surface area contributed by atoms with Gasteiger partial charge in [-0.2, -0.15) is 0 Å². The molecule has 0 aliphatic heterocycles. The molecule has 3 rings (SSSR count). The molecule has 0 spiro atoms. The van der Waals surface area contributed by atoms with E-state index < -0.39 is 29.3 Å². The predicted molar refractivity (Wildman–Crippen MR) is 115 cm³/mol. The molecule has 33 heavy (non-hydrogen) atoms. The first-order chi connectivity index (χ1) is 15.6. The van der Waals surface area contributed by atoms with Crippen molar-refractivity contribution in [3.63, 3.8) is 0 Å². The fourth-order valence-electron chi connectivity index (χ4n) is 3.64. The van der Waals surface area contributed by atoms with Crippen molar-refractivity contribution >= 4 is 23.2 Å². The Bertz CT molecular complexity index is 1040. The molecule has 1 heterocycles. The summed E-state index contributed by atoms with van der Waals surface area (Å²) in [7, 11) is 0. The molecular weight excluding hydrogens is 459 g/mol. The molecule has 1 aromatic carbocycles. The van der Waals surface area contributed by atoms with Gasteiger partial charge >= 0.3 is 6.36 Å².